The molecule has 1 heterocycles. The monoisotopic (exact) mass is 350 g/mol. The second kappa shape index (κ2) is 7.94. The van der Waals surface area contributed by atoms with Gasteiger partial charge >= 0.3 is 0 Å². The maximum Gasteiger partial charge on any atom is 0.243 e. The molecule has 24 heavy (non-hydrogen) atoms. The van der Waals surface area contributed by atoms with E-state index in [9.17, 15) is 13.2 Å². The highest BCUT2D eigenvalue weighted by atomic mass is 32.2. The quantitative estimate of drug-likeness (QED) is 0.802. The Bertz CT molecular complexity index is 673. The number of sulfonamides is 1. The first-order chi connectivity index (χ1) is 11.4. The summed E-state index contributed by atoms with van der Waals surface area (Å²) in [6, 6.07) is 7.08. The Balaban J connectivity index is 2.01. The molecule has 1 aromatic carbocycles. The van der Waals surface area contributed by atoms with E-state index < -0.39 is 10.0 Å². The van der Waals surface area contributed by atoms with Gasteiger partial charge in [0.05, 0.1) is 4.90 Å². The molecule has 6 heteroatoms. The molecule has 0 saturated carbocycles. The van der Waals surface area contributed by atoms with Crippen LogP contribution in [0.4, 0.5) is 0 Å². The van der Waals surface area contributed by atoms with Crippen LogP contribution in [0, 0.1) is 5.92 Å². The zero-order valence-corrected chi connectivity index (χ0v) is 15.2. The normalized spacial score (nSPS) is 17.0. The van der Waals surface area contributed by atoms with Crippen LogP contribution < -0.4 is 5.32 Å². The second-order valence-corrected chi connectivity index (χ2v) is 8.37. The van der Waals surface area contributed by atoms with Crippen LogP contribution in [0.15, 0.2) is 41.8 Å². The van der Waals surface area contributed by atoms with Gasteiger partial charge in [0.2, 0.25) is 15.9 Å². The summed E-state index contributed by atoms with van der Waals surface area (Å²) in [6.45, 7) is 8.92. The van der Waals surface area contributed by atoms with Gasteiger partial charge in [0.25, 0.3) is 0 Å². The fourth-order valence-corrected chi connectivity index (χ4v) is 4.32. The number of piperidine rings is 1. The average Bonchev–Trinajstić information content (AvgIpc) is 2.59. The zero-order valence-electron chi connectivity index (χ0n) is 14.4. The van der Waals surface area contributed by atoms with Crippen molar-refractivity contribution in [3.8, 4) is 0 Å². The molecule has 1 aliphatic rings. The fourth-order valence-electron chi connectivity index (χ4n) is 2.85. The van der Waals surface area contributed by atoms with Crippen LogP contribution in [-0.2, 0) is 14.8 Å². The second-order valence-electron chi connectivity index (χ2n) is 6.44. The van der Waals surface area contributed by atoms with Crippen molar-refractivity contribution in [2.24, 2.45) is 5.92 Å². The van der Waals surface area contributed by atoms with E-state index in [1.165, 1.54) is 4.31 Å². The molecule has 1 aromatic rings. The lowest BCUT2D eigenvalue weighted by Gasteiger charge is -2.30. The molecule has 1 saturated heterocycles. The van der Waals surface area contributed by atoms with Crippen LogP contribution in [0.5, 0.6) is 0 Å². The summed E-state index contributed by atoms with van der Waals surface area (Å²) in [5.74, 6) is 0.222. The highest BCUT2D eigenvalue weighted by molar-refractivity contribution is 7.89. The molecule has 0 aromatic heterocycles. The Morgan fingerprint density at radius 2 is 1.88 bits per heavy atom. The van der Waals surface area contributed by atoms with Crippen LogP contribution >= 0.6 is 0 Å². The Hall–Kier alpha value is -1.66. The van der Waals surface area contributed by atoms with E-state index in [1.54, 1.807) is 18.2 Å². The Morgan fingerprint density at radius 1 is 1.29 bits per heavy atom. The first-order valence-electron chi connectivity index (χ1n) is 8.35. The lowest BCUT2D eigenvalue weighted by molar-refractivity contribution is -0.125. The number of nitrogens with one attached hydrogen (secondary N) is 1. The molecule has 2 rings (SSSR count). The number of hydrogen-bond acceptors (Lipinski definition) is 3. The Morgan fingerprint density at radius 3 is 2.38 bits per heavy atom. The van der Waals surface area contributed by atoms with Gasteiger partial charge in [0, 0.05) is 25.6 Å². The maximum atomic E-state index is 12.7. The van der Waals surface area contributed by atoms with E-state index >= 15 is 0 Å². The van der Waals surface area contributed by atoms with Gasteiger partial charge in [-0.15, -0.1) is 6.58 Å². The molecule has 0 radical (unpaired) electrons. The number of amides is 1. The summed E-state index contributed by atoms with van der Waals surface area (Å²) in [5.41, 5.74) is 1.12. The van der Waals surface area contributed by atoms with Crippen molar-refractivity contribution in [3.63, 3.8) is 0 Å². The smallest absolute Gasteiger partial charge is 0.243 e. The van der Waals surface area contributed by atoms with Crippen molar-refractivity contribution in [3.05, 3.63) is 42.5 Å². The summed E-state index contributed by atoms with van der Waals surface area (Å²) < 4.78 is 26.9. The minimum Gasteiger partial charge on any atom is -0.352 e. The van der Waals surface area contributed by atoms with E-state index in [2.05, 4.69) is 25.7 Å². The summed E-state index contributed by atoms with van der Waals surface area (Å²) in [5, 5.41) is 2.78. The molecule has 1 aliphatic heterocycles. The minimum absolute atomic E-state index is 0.0202. The predicted molar refractivity (Wildman–Crippen MR) is 95.2 cm³/mol. The van der Waals surface area contributed by atoms with Gasteiger partial charge in [-0.05, 0) is 36.5 Å². The van der Waals surface area contributed by atoms with Crippen LogP contribution in [0.1, 0.15) is 38.2 Å². The first-order valence-corrected chi connectivity index (χ1v) is 9.79. The fraction of sp³-hybridized carbons (Fsp3) is 0.500. The van der Waals surface area contributed by atoms with Crippen molar-refractivity contribution in [1.82, 2.24) is 9.62 Å². The number of rotatable bonds is 6. The van der Waals surface area contributed by atoms with Crippen molar-refractivity contribution in [1.29, 1.82) is 0 Å². The molecular weight excluding hydrogens is 324 g/mol. The molecule has 0 unspecified atom stereocenters. The van der Waals surface area contributed by atoms with Gasteiger partial charge in [0.15, 0.2) is 0 Å². The van der Waals surface area contributed by atoms with Crippen molar-refractivity contribution >= 4 is 15.9 Å². The third-order valence-electron chi connectivity index (χ3n) is 4.43. The average molecular weight is 350 g/mol. The van der Waals surface area contributed by atoms with Crippen LogP contribution in [-0.4, -0.2) is 38.3 Å². The molecule has 1 N–H and O–H groups in total. The van der Waals surface area contributed by atoms with Crippen molar-refractivity contribution in [2.45, 2.75) is 37.5 Å². The predicted octanol–water partition coefficient (Wildman–Crippen LogP) is 2.51. The largest absolute Gasteiger partial charge is 0.352 e. The third-order valence-corrected chi connectivity index (χ3v) is 6.34. The van der Waals surface area contributed by atoms with Crippen LogP contribution in [0.3, 0.4) is 0 Å². The van der Waals surface area contributed by atoms with Crippen LogP contribution in [0.2, 0.25) is 0 Å². The van der Waals surface area contributed by atoms with Crippen molar-refractivity contribution in [2.75, 3.05) is 19.6 Å². The number of nitrogens with zero attached hydrogens (tertiary/aromatic N) is 1. The lowest BCUT2D eigenvalue weighted by Crippen LogP contribution is -2.43. The lowest BCUT2D eigenvalue weighted by atomic mass is 9.97. The molecule has 0 spiro atoms. The zero-order chi connectivity index (χ0) is 17.7. The molecule has 0 aliphatic carbocycles. The first kappa shape index (κ1) is 18.7. The summed E-state index contributed by atoms with van der Waals surface area (Å²) in [6.07, 6.45) is 2.73. The highest BCUT2D eigenvalue weighted by Gasteiger charge is 2.31. The van der Waals surface area contributed by atoms with Gasteiger partial charge < -0.3 is 5.32 Å². The SMILES string of the molecule is C=CCNC(=O)C1CCN(S(=O)(=O)c2ccc(C(C)C)cc2)CC1. The highest BCUT2D eigenvalue weighted by Crippen LogP contribution is 2.25. The van der Waals surface area contributed by atoms with E-state index in [-0.39, 0.29) is 11.8 Å². The Kier molecular flexibility index (Phi) is 6.18. The summed E-state index contributed by atoms with van der Waals surface area (Å²) >= 11 is 0. The molecule has 0 atom stereocenters. The Labute approximate surface area is 144 Å². The van der Waals surface area contributed by atoms with Gasteiger partial charge in [-0.2, -0.15) is 4.31 Å². The number of benzene rings is 1. The van der Waals surface area contributed by atoms with E-state index in [0.717, 1.165) is 5.56 Å². The van der Waals surface area contributed by atoms with E-state index in [1.807, 2.05) is 12.1 Å². The van der Waals surface area contributed by atoms with Gasteiger partial charge in [0.1, 0.15) is 0 Å². The molecular formula is C18H26N2O3S. The molecule has 132 valence electrons. The molecule has 0 bridgehead atoms. The third kappa shape index (κ3) is 4.24. The molecule has 5 nitrogen and oxygen atoms in total. The summed E-state index contributed by atoms with van der Waals surface area (Å²) in [7, 11) is -3.49. The minimum atomic E-state index is -3.49. The topological polar surface area (TPSA) is 66.5 Å². The standard InChI is InChI=1S/C18H26N2O3S/c1-4-11-19-18(21)16-9-12-20(13-10-16)24(22,23)17-7-5-15(6-8-17)14(2)3/h4-8,14,16H,1,9-13H2,2-3H3,(H,19,21). The van der Waals surface area contributed by atoms with Gasteiger partial charge in [-0.1, -0.05) is 32.1 Å². The van der Waals surface area contributed by atoms with Crippen LogP contribution in [0.25, 0.3) is 0 Å². The number of carbonyl (C=O) groups excluding carboxylic acids is 1. The summed E-state index contributed by atoms with van der Waals surface area (Å²) in [4.78, 5) is 12.3. The number of hydrogen-bond donors (Lipinski definition) is 1. The van der Waals surface area contributed by atoms with E-state index in [4.69, 9.17) is 0 Å². The molecule has 1 fully saturated rings. The number of carbonyl (C=O) groups is 1. The van der Waals surface area contributed by atoms with Gasteiger partial charge in [-0.3, -0.25) is 4.79 Å². The molecule has 1 amide bonds. The van der Waals surface area contributed by atoms with Crippen molar-refractivity contribution < 1.29 is 13.2 Å². The van der Waals surface area contributed by atoms with Gasteiger partial charge in [-0.25, -0.2) is 8.42 Å². The van der Waals surface area contributed by atoms with E-state index in [0.29, 0.717) is 43.3 Å². The maximum absolute atomic E-state index is 12.7.